The standard InChI is InChI=1S/C57H72N6O8S/c1-10-62(44-21-23-69-24-22-44)49-29-43(28-48(37(49)4)51(65)20-19-47-35(2)27-36(3)60-55(47)67)41-15-17-46(18-16-41)71-26-25-70-33-52(66)61-54(57(7,8)9)56(68)63-32-45(64)30-50(63)38(5)58-31-40-11-13-42(14-12-40)53-39(6)59-34-72-53/h11-18,27-29,34,44-45,50,54,58,64H,5,10,19-26,30-33H2,1-4,6-9H3,(H,60,67)(H,61,66)/t45-,50+,54-/m1/s1. The predicted molar refractivity (Wildman–Crippen MR) is 285 cm³/mol. The number of hydrogen-bond acceptors (Lipinski definition) is 12. The van der Waals surface area contributed by atoms with Crippen molar-refractivity contribution < 1.29 is 33.7 Å². The van der Waals surface area contributed by atoms with Gasteiger partial charge in [0.1, 0.15) is 25.0 Å². The SMILES string of the molecule is C=C(NCc1ccc(-c2scnc2C)cc1)[C@@H]1C[C@@H](O)CN1C(=O)[C@@H](NC(=O)COCCOc1ccc(-c2cc(C(=O)CCc3c(C)cc(C)[nH]c3=O)c(C)c(N(CC)C3CCOCC3)c2)cc1)C(C)(C)C. The van der Waals surface area contributed by atoms with Crippen LogP contribution in [-0.2, 0) is 32.0 Å². The van der Waals surface area contributed by atoms with Crippen molar-refractivity contribution in [3.63, 3.8) is 0 Å². The van der Waals surface area contributed by atoms with E-state index in [1.807, 2.05) is 90.4 Å². The first kappa shape index (κ1) is 53.7. The number of aromatic amines is 1. The van der Waals surface area contributed by atoms with Crippen molar-refractivity contribution in [1.82, 2.24) is 25.5 Å². The fraction of sp³-hybridized carbons (Fsp3) is 0.456. The number of ether oxygens (including phenoxy) is 3. The molecule has 0 saturated carbocycles. The third-order valence-electron chi connectivity index (χ3n) is 13.8. The molecule has 0 spiro atoms. The number of Topliss-reactive ketones (excluding diaryl/α,β-unsaturated/α-hetero) is 1. The Hall–Kier alpha value is -6.13. The number of rotatable bonds is 21. The van der Waals surface area contributed by atoms with Crippen LogP contribution in [0.3, 0.4) is 0 Å². The van der Waals surface area contributed by atoms with Crippen molar-refractivity contribution in [2.75, 3.05) is 51.0 Å². The van der Waals surface area contributed by atoms with Crippen molar-refractivity contribution in [1.29, 1.82) is 0 Å². The Kier molecular flexibility index (Phi) is 17.9. The molecule has 3 aromatic carbocycles. The lowest BCUT2D eigenvalue weighted by Gasteiger charge is -2.37. The molecule has 7 rings (SSSR count). The number of hydrogen-bond donors (Lipinski definition) is 4. The summed E-state index contributed by atoms with van der Waals surface area (Å²) in [5.41, 5.74) is 11.5. The van der Waals surface area contributed by atoms with Crippen LogP contribution < -0.4 is 25.8 Å². The summed E-state index contributed by atoms with van der Waals surface area (Å²) in [7, 11) is 0. The average molecular weight is 1000 g/mol. The van der Waals surface area contributed by atoms with E-state index in [1.165, 1.54) is 0 Å². The zero-order chi connectivity index (χ0) is 51.7. The number of nitrogens with zero attached hydrogens (tertiary/aromatic N) is 3. The quantitative estimate of drug-likeness (QED) is 0.0411. The minimum absolute atomic E-state index is 0.0149. The summed E-state index contributed by atoms with van der Waals surface area (Å²) in [5, 5.41) is 17.0. The molecule has 0 unspecified atom stereocenters. The topological polar surface area (TPSA) is 175 Å². The number of thiazole rings is 1. The second-order valence-corrected chi connectivity index (χ2v) is 21.0. The third-order valence-corrected chi connectivity index (χ3v) is 14.8. The molecule has 15 heteroatoms. The number of pyridine rings is 1. The van der Waals surface area contributed by atoms with Gasteiger partial charge in [0, 0.05) is 79.9 Å². The number of carbonyl (C=O) groups excluding carboxylic acids is 3. The largest absolute Gasteiger partial charge is 0.491 e. The van der Waals surface area contributed by atoms with E-state index in [4.69, 9.17) is 14.2 Å². The molecule has 3 atom stereocenters. The van der Waals surface area contributed by atoms with Gasteiger partial charge in [-0.15, -0.1) is 11.3 Å². The number of aliphatic hydroxyl groups is 1. The average Bonchev–Trinajstić information content (AvgIpc) is 3.97. The lowest BCUT2D eigenvalue weighted by molar-refractivity contribution is -0.141. The van der Waals surface area contributed by atoms with Crippen LogP contribution in [0.5, 0.6) is 5.75 Å². The fourth-order valence-corrected chi connectivity index (χ4v) is 10.7. The highest BCUT2D eigenvalue weighted by atomic mass is 32.1. The molecular weight excluding hydrogens is 929 g/mol. The maximum atomic E-state index is 14.2. The maximum Gasteiger partial charge on any atom is 0.251 e. The van der Waals surface area contributed by atoms with E-state index >= 15 is 0 Å². The minimum Gasteiger partial charge on any atom is -0.491 e. The summed E-state index contributed by atoms with van der Waals surface area (Å²) in [6, 6.07) is 20.9. The van der Waals surface area contributed by atoms with Crippen molar-refractivity contribution in [2.45, 2.75) is 118 Å². The molecule has 4 heterocycles. The van der Waals surface area contributed by atoms with Crippen LogP contribution in [0, 0.1) is 33.1 Å². The van der Waals surface area contributed by atoms with Crippen LogP contribution >= 0.6 is 11.3 Å². The Labute approximate surface area is 428 Å². The molecule has 2 aliphatic rings. The van der Waals surface area contributed by atoms with E-state index in [-0.39, 0.29) is 56.1 Å². The molecule has 2 saturated heterocycles. The summed E-state index contributed by atoms with van der Waals surface area (Å²) in [4.78, 5) is 66.8. The molecule has 2 aromatic heterocycles. The Morgan fingerprint density at radius 3 is 2.35 bits per heavy atom. The molecule has 14 nitrogen and oxygen atoms in total. The summed E-state index contributed by atoms with van der Waals surface area (Å²) >= 11 is 1.61. The highest BCUT2D eigenvalue weighted by molar-refractivity contribution is 7.13. The third kappa shape index (κ3) is 13.3. The summed E-state index contributed by atoms with van der Waals surface area (Å²) in [6.45, 7) is 22.7. The molecule has 2 aliphatic heterocycles. The van der Waals surface area contributed by atoms with Crippen molar-refractivity contribution in [3.8, 4) is 27.3 Å². The lowest BCUT2D eigenvalue weighted by atomic mass is 9.85. The van der Waals surface area contributed by atoms with E-state index < -0.39 is 29.5 Å². The van der Waals surface area contributed by atoms with Gasteiger partial charge in [0.2, 0.25) is 11.8 Å². The molecule has 0 radical (unpaired) electrons. The van der Waals surface area contributed by atoms with Gasteiger partial charge in [-0.05, 0) is 123 Å². The number of likely N-dealkylation sites (tertiary alicyclic amines) is 1. The Morgan fingerprint density at radius 1 is 0.986 bits per heavy atom. The van der Waals surface area contributed by atoms with Crippen molar-refractivity contribution in [3.05, 3.63) is 134 Å². The van der Waals surface area contributed by atoms with Gasteiger partial charge in [0.25, 0.3) is 5.56 Å². The van der Waals surface area contributed by atoms with Gasteiger partial charge >= 0.3 is 0 Å². The van der Waals surface area contributed by atoms with Crippen molar-refractivity contribution >= 4 is 34.6 Å². The number of amides is 2. The summed E-state index contributed by atoms with van der Waals surface area (Å²) in [5.74, 6) is -0.137. The van der Waals surface area contributed by atoms with E-state index in [1.54, 1.807) is 16.2 Å². The molecule has 384 valence electrons. The smallest absolute Gasteiger partial charge is 0.251 e. The summed E-state index contributed by atoms with van der Waals surface area (Å²) in [6.07, 6.45) is 1.97. The van der Waals surface area contributed by atoms with Gasteiger partial charge in [-0.2, -0.15) is 0 Å². The van der Waals surface area contributed by atoms with Crippen LogP contribution in [0.25, 0.3) is 21.6 Å². The van der Waals surface area contributed by atoms with Crippen LogP contribution in [0.2, 0.25) is 0 Å². The van der Waals surface area contributed by atoms with E-state index in [2.05, 4.69) is 69.3 Å². The number of carbonyl (C=O) groups is 3. The maximum absolute atomic E-state index is 14.2. The first-order valence-electron chi connectivity index (χ1n) is 25.1. The van der Waals surface area contributed by atoms with Gasteiger partial charge in [-0.1, -0.05) is 63.7 Å². The number of aliphatic hydroxyl groups excluding tert-OH is 1. The second-order valence-electron chi connectivity index (χ2n) is 20.2. The zero-order valence-corrected chi connectivity index (χ0v) is 44.0. The van der Waals surface area contributed by atoms with Gasteiger partial charge in [-0.25, -0.2) is 4.98 Å². The van der Waals surface area contributed by atoms with Gasteiger partial charge in [-0.3, -0.25) is 19.2 Å². The molecule has 72 heavy (non-hydrogen) atoms. The van der Waals surface area contributed by atoms with Gasteiger partial charge in [0.05, 0.1) is 34.8 Å². The zero-order valence-electron chi connectivity index (χ0n) is 43.2. The molecule has 0 aliphatic carbocycles. The van der Waals surface area contributed by atoms with E-state index in [9.17, 15) is 24.3 Å². The van der Waals surface area contributed by atoms with E-state index in [0.29, 0.717) is 55.2 Å². The number of aryl methyl sites for hydroxylation is 3. The number of ketones is 1. The molecule has 0 bridgehead atoms. The van der Waals surface area contributed by atoms with Gasteiger partial charge < -0.3 is 44.7 Å². The first-order chi connectivity index (χ1) is 34.4. The highest BCUT2D eigenvalue weighted by Crippen LogP contribution is 2.36. The number of β-amino-alcohol motifs (C(OH)–C–C–N with tert-alkyl or cyclic N) is 1. The number of H-pyrrole nitrogens is 1. The van der Waals surface area contributed by atoms with Gasteiger partial charge in [0.15, 0.2) is 5.78 Å². The Balaban J connectivity index is 0.932. The van der Waals surface area contributed by atoms with Crippen LogP contribution in [-0.4, -0.2) is 108 Å². The van der Waals surface area contributed by atoms with Crippen LogP contribution in [0.4, 0.5) is 5.69 Å². The van der Waals surface area contributed by atoms with Crippen LogP contribution in [0.15, 0.2) is 89.3 Å². The lowest BCUT2D eigenvalue weighted by Crippen LogP contribution is -2.57. The molecule has 2 fully saturated rings. The Bertz CT molecular complexity index is 2760. The number of nitrogens with one attached hydrogen (secondary N) is 3. The van der Waals surface area contributed by atoms with Crippen LogP contribution in [0.1, 0.15) is 97.4 Å². The van der Waals surface area contributed by atoms with E-state index in [0.717, 1.165) is 74.7 Å². The Morgan fingerprint density at radius 2 is 1.69 bits per heavy atom. The normalized spacial score (nSPS) is 16.6. The first-order valence-corrected chi connectivity index (χ1v) is 26.0. The molecule has 2 amide bonds. The summed E-state index contributed by atoms with van der Waals surface area (Å²) < 4.78 is 17.4. The number of aromatic nitrogens is 2. The molecule has 4 N–H and O–H groups in total. The minimum atomic E-state index is -0.883. The highest BCUT2D eigenvalue weighted by Gasteiger charge is 2.43. The fourth-order valence-electron chi connectivity index (χ4n) is 9.86. The van der Waals surface area contributed by atoms with Crippen molar-refractivity contribution in [2.24, 2.45) is 5.41 Å². The monoisotopic (exact) mass is 1000 g/mol. The number of anilines is 1. The predicted octanol–water partition coefficient (Wildman–Crippen LogP) is 8.41. The molecule has 5 aromatic rings. The number of benzene rings is 3. The second kappa shape index (κ2) is 24.1. The molecular formula is C57H72N6O8S.